The molecule has 0 atom stereocenters. The van der Waals surface area contributed by atoms with Crippen molar-refractivity contribution in [1.82, 2.24) is 4.98 Å². The summed E-state index contributed by atoms with van der Waals surface area (Å²) in [6.07, 6.45) is 1.18. The van der Waals surface area contributed by atoms with Crippen molar-refractivity contribution in [2.75, 3.05) is 0 Å². The van der Waals surface area contributed by atoms with Gasteiger partial charge in [-0.15, -0.1) is 0 Å². The lowest BCUT2D eigenvalue weighted by Crippen LogP contribution is -2.12. The molecule has 7 heteroatoms. The molecule has 0 bridgehead atoms. The van der Waals surface area contributed by atoms with Gasteiger partial charge in [-0.25, -0.2) is 4.79 Å². The van der Waals surface area contributed by atoms with E-state index in [4.69, 9.17) is 4.55 Å². The summed E-state index contributed by atoms with van der Waals surface area (Å²) >= 11 is 0. The van der Waals surface area contributed by atoms with Crippen LogP contribution < -0.4 is 0 Å². The fraction of sp³-hybridized carbons (Fsp3) is 0. The highest BCUT2D eigenvalue weighted by atomic mass is 32.3. The maximum absolute atomic E-state index is 11.3. The Morgan fingerprint density at radius 1 is 1.29 bits per heavy atom. The molecule has 1 heterocycles. The van der Waals surface area contributed by atoms with Crippen LogP contribution >= 0.6 is 0 Å². The van der Waals surface area contributed by atoms with Crippen LogP contribution in [0.25, 0.3) is 10.9 Å². The highest BCUT2D eigenvalue weighted by molar-refractivity contribution is 7.81. The number of hydrogen-bond donors (Lipinski definition) is 1. The van der Waals surface area contributed by atoms with Gasteiger partial charge in [0.2, 0.25) is 0 Å². The molecule has 0 radical (unpaired) electrons. The van der Waals surface area contributed by atoms with E-state index in [2.05, 4.69) is 9.17 Å². The van der Waals surface area contributed by atoms with Gasteiger partial charge in [0.1, 0.15) is 0 Å². The molecule has 1 aromatic carbocycles. The van der Waals surface area contributed by atoms with Crippen LogP contribution in [0.4, 0.5) is 0 Å². The quantitative estimate of drug-likeness (QED) is 0.808. The molecule has 0 aliphatic carbocycles. The van der Waals surface area contributed by atoms with Crippen molar-refractivity contribution in [2.45, 2.75) is 0 Å². The third kappa shape index (κ3) is 2.77. The average molecular weight is 253 g/mol. The molecule has 0 aliphatic rings. The topological polar surface area (TPSA) is 93.6 Å². The Bertz CT molecular complexity index is 680. The van der Waals surface area contributed by atoms with Crippen molar-refractivity contribution in [3.05, 3.63) is 42.1 Å². The molecule has 6 nitrogen and oxygen atoms in total. The first-order chi connectivity index (χ1) is 7.96. The Morgan fingerprint density at radius 3 is 2.71 bits per heavy atom. The van der Waals surface area contributed by atoms with Crippen LogP contribution in [0, 0.1) is 0 Å². The van der Waals surface area contributed by atoms with E-state index in [1.54, 1.807) is 24.3 Å². The zero-order valence-electron chi connectivity index (χ0n) is 8.40. The minimum Gasteiger partial charge on any atom is -0.320 e. The van der Waals surface area contributed by atoms with E-state index < -0.39 is 16.4 Å². The molecule has 0 aliphatic heterocycles. The summed E-state index contributed by atoms with van der Waals surface area (Å²) < 4.78 is 32.9. The first kappa shape index (κ1) is 11.5. The van der Waals surface area contributed by atoms with Gasteiger partial charge in [0, 0.05) is 11.6 Å². The smallest absolute Gasteiger partial charge is 0.320 e. The normalized spacial score (nSPS) is 11.4. The van der Waals surface area contributed by atoms with Crippen molar-refractivity contribution in [2.24, 2.45) is 0 Å². The monoisotopic (exact) mass is 253 g/mol. The fourth-order valence-electron chi connectivity index (χ4n) is 1.33. The molecule has 0 fully saturated rings. The van der Waals surface area contributed by atoms with Crippen LogP contribution in [0.5, 0.6) is 0 Å². The van der Waals surface area contributed by atoms with Gasteiger partial charge < -0.3 is 4.18 Å². The van der Waals surface area contributed by atoms with Crippen LogP contribution in [0.2, 0.25) is 0 Å². The summed E-state index contributed by atoms with van der Waals surface area (Å²) in [5.74, 6) is -1.18. The molecule has 0 unspecified atom stereocenters. The largest absolute Gasteiger partial charge is 0.449 e. The molecule has 88 valence electrons. The molecule has 1 aromatic heterocycles. The van der Waals surface area contributed by atoms with E-state index in [1.807, 2.05) is 0 Å². The zero-order valence-corrected chi connectivity index (χ0v) is 9.22. The molecule has 1 N–H and O–H groups in total. The standard InChI is InChI=1S/C10H7NO5S/c12-10(16-17(13,14)15)8-5-7-3-1-2-4-9(7)11-6-8/h1-6H,(H,13,14,15). The maximum atomic E-state index is 11.3. The van der Waals surface area contributed by atoms with E-state index >= 15 is 0 Å². The third-order valence-corrected chi connectivity index (χ3v) is 2.37. The van der Waals surface area contributed by atoms with E-state index in [9.17, 15) is 13.2 Å². The number of pyridine rings is 1. The van der Waals surface area contributed by atoms with Gasteiger partial charge in [-0.3, -0.25) is 9.54 Å². The molecule has 0 saturated carbocycles. The van der Waals surface area contributed by atoms with Crippen LogP contribution in [0.15, 0.2) is 36.5 Å². The highest BCUT2D eigenvalue weighted by Crippen LogP contribution is 2.13. The minimum absolute atomic E-state index is 0.0543. The number of benzene rings is 1. The van der Waals surface area contributed by atoms with E-state index in [-0.39, 0.29) is 5.56 Å². The van der Waals surface area contributed by atoms with Gasteiger partial charge in [0.25, 0.3) is 0 Å². The first-order valence-corrected chi connectivity index (χ1v) is 5.88. The summed E-state index contributed by atoms with van der Waals surface area (Å²) in [6.45, 7) is 0. The number of nitrogens with zero attached hydrogens (tertiary/aromatic N) is 1. The average Bonchev–Trinajstić information content (AvgIpc) is 2.26. The number of fused-ring (bicyclic) bond motifs is 1. The highest BCUT2D eigenvalue weighted by Gasteiger charge is 2.16. The van der Waals surface area contributed by atoms with Gasteiger partial charge >= 0.3 is 16.4 Å². The number of hydrogen-bond acceptors (Lipinski definition) is 5. The van der Waals surface area contributed by atoms with Crippen molar-refractivity contribution >= 4 is 27.3 Å². The molecule has 2 aromatic rings. The summed E-state index contributed by atoms with van der Waals surface area (Å²) in [7, 11) is -4.80. The first-order valence-electron chi connectivity index (χ1n) is 4.52. The van der Waals surface area contributed by atoms with E-state index in [0.29, 0.717) is 10.9 Å². The predicted octanol–water partition coefficient (Wildman–Crippen LogP) is 1.19. The van der Waals surface area contributed by atoms with Gasteiger partial charge in [-0.05, 0) is 12.1 Å². The summed E-state index contributed by atoms with van der Waals surface area (Å²) in [5.41, 5.74) is 0.609. The molecular formula is C10H7NO5S. The SMILES string of the molecule is O=C(OS(=O)(=O)O)c1cnc2ccccc2c1. The van der Waals surface area contributed by atoms with Crippen LogP contribution in [-0.4, -0.2) is 23.9 Å². The summed E-state index contributed by atoms with van der Waals surface area (Å²) in [4.78, 5) is 15.3. The Balaban J connectivity index is 2.40. The Labute approximate surface area is 96.8 Å². The third-order valence-electron chi connectivity index (χ3n) is 2.01. The number of rotatable bonds is 2. The Hall–Kier alpha value is -1.99. The fourth-order valence-corrected chi connectivity index (χ4v) is 1.61. The maximum Gasteiger partial charge on any atom is 0.449 e. The molecular weight excluding hydrogens is 246 g/mol. The lowest BCUT2D eigenvalue weighted by molar-refractivity contribution is 0.0727. The van der Waals surface area contributed by atoms with Crippen molar-refractivity contribution in [3.8, 4) is 0 Å². The summed E-state index contributed by atoms with van der Waals surface area (Å²) in [5, 5.41) is 0.664. The second-order valence-electron chi connectivity index (χ2n) is 3.22. The molecule has 0 saturated heterocycles. The molecule has 0 spiro atoms. The second-order valence-corrected chi connectivity index (χ2v) is 4.24. The van der Waals surface area contributed by atoms with Crippen molar-refractivity contribution < 1.29 is 21.9 Å². The van der Waals surface area contributed by atoms with Crippen LogP contribution in [0.3, 0.4) is 0 Å². The number of aromatic nitrogens is 1. The summed E-state index contributed by atoms with van der Waals surface area (Å²) in [6, 6.07) is 8.42. The van der Waals surface area contributed by atoms with E-state index in [0.717, 1.165) is 0 Å². The molecule has 17 heavy (non-hydrogen) atoms. The number of carbonyl (C=O) groups excluding carboxylic acids is 1. The lowest BCUT2D eigenvalue weighted by Gasteiger charge is -2.01. The van der Waals surface area contributed by atoms with Crippen molar-refractivity contribution in [1.29, 1.82) is 0 Å². The number of carbonyl (C=O) groups is 1. The molecule has 2 rings (SSSR count). The Morgan fingerprint density at radius 2 is 2.00 bits per heavy atom. The lowest BCUT2D eigenvalue weighted by atomic mass is 10.2. The van der Waals surface area contributed by atoms with Gasteiger partial charge in [0.05, 0.1) is 11.1 Å². The molecule has 0 amide bonds. The Kier molecular flexibility index (Phi) is 2.78. The van der Waals surface area contributed by atoms with Crippen LogP contribution in [0.1, 0.15) is 10.4 Å². The van der Waals surface area contributed by atoms with Crippen molar-refractivity contribution in [3.63, 3.8) is 0 Å². The van der Waals surface area contributed by atoms with E-state index in [1.165, 1.54) is 12.3 Å². The van der Waals surface area contributed by atoms with Gasteiger partial charge in [-0.2, -0.15) is 8.42 Å². The van der Waals surface area contributed by atoms with Gasteiger partial charge in [0.15, 0.2) is 0 Å². The van der Waals surface area contributed by atoms with Gasteiger partial charge in [-0.1, -0.05) is 18.2 Å². The number of para-hydroxylation sites is 1. The minimum atomic E-state index is -4.80. The van der Waals surface area contributed by atoms with Crippen LogP contribution in [-0.2, 0) is 14.6 Å². The zero-order chi connectivity index (χ0) is 12.5. The predicted molar refractivity (Wildman–Crippen MR) is 58.7 cm³/mol. The second kappa shape index (κ2) is 4.11.